The Hall–Kier alpha value is -2.56. The number of hydrogen-bond acceptors (Lipinski definition) is 3. The largest absolute Gasteiger partial charge is 0.444 e. The molecule has 0 atom stereocenters. The second-order valence-electron chi connectivity index (χ2n) is 6.72. The maximum Gasteiger partial charge on any atom is 0.407 e. The second-order valence-corrected chi connectivity index (χ2v) is 6.72. The van der Waals surface area contributed by atoms with Crippen LogP contribution in [0.15, 0.2) is 36.4 Å². The normalized spacial score (nSPS) is 11.7. The Labute approximate surface area is 143 Å². The molecule has 2 rings (SSSR count). The van der Waals surface area contributed by atoms with E-state index in [2.05, 4.69) is 16.5 Å². The summed E-state index contributed by atoms with van der Waals surface area (Å²) < 4.78 is 7.11. The lowest BCUT2D eigenvalue weighted by atomic mass is 10.2. The van der Waals surface area contributed by atoms with E-state index in [9.17, 15) is 4.79 Å². The van der Waals surface area contributed by atoms with Crippen molar-refractivity contribution in [3.63, 3.8) is 0 Å². The van der Waals surface area contributed by atoms with Gasteiger partial charge in [-0.25, -0.2) is 9.48 Å². The number of rotatable bonds is 4. The van der Waals surface area contributed by atoms with E-state index in [0.717, 1.165) is 22.6 Å². The van der Waals surface area contributed by atoms with Gasteiger partial charge in [-0.1, -0.05) is 24.3 Å². The van der Waals surface area contributed by atoms with E-state index in [1.165, 1.54) is 0 Å². The van der Waals surface area contributed by atoms with Gasteiger partial charge in [0.25, 0.3) is 0 Å². The molecule has 24 heavy (non-hydrogen) atoms. The minimum Gasteiger partial charge on any atom is -0.444 e. The minimum absolute atomic E-state index is 0.413. The predicted octanol–water partition coefficient (Wildman–Crippen LogP) is 4.03. The minimum atomic E-state index is -0.484. The number of alkyl carbamates (subject to hydrolysis) is 1. The second kappa shape index (κ2) is 7.34. The van der Waals surface area contributed by atoms with Gasteiger partial charge in [0.05, 0.1) is 11.4 Å². The average Bonchev–Trinajstić information content (AvgIpc) is 2.81. The Kier molecular flexibility index (Phi) is 5.44. The van der Waals surface area contributed by atoms with Gasteiger partial charge in [-0.2, -0.15) is 5.10 Å². The lowest BCUT2D eigenvalue weighted by Crippen LogP contribution is -2.32. The maximum atomic E-state index is 11.6. The fourth-order valence-electron chi connectivity index (χ4n) is 2.30. The zero-order chi connectivity index (χ0) is 17.7. The van der Waals surface area contributed by atoms with Crippen molar-refractivity contribution in [1.82, 2.24) is 15.1 Å². The van der Waals surface area contributed by atoms with E-state index < -0.39 is 11.7 Å². The fraction of sp³-hybridized carbons (Fsp3) is 0.368. The van der Waals surface area contributed by atoms with E-state index in [1.54, 1.807) is 0 Å². The highest BCUT2D eigenvalue weighted by Crippen LogP contribution is 2.14. The number of aromatic nitrogens is 2. The van der Waals surface area contributed by atoms with Gasteiger partial charge in [0, 0.05) is 12.2 Å². The van der Waals surface area contributed by atoms with Gasteiger partial charge in [0.15, 0.2) is 0 Å². The third kappa shape index (κ3) is 5.26. The molecular weight excluding hydrogens is 302 g/mol. The van der Waals surface area contributed by atoms with Crippen molar-refractivity contribution in [2.24, 2.45) is 0 Å². The third-order valence-corrected chi connectivity index (χ3v) is 3.20. The summed E-state index contributed by atoms with van der Waals surface area (Å²) in [5.74, 6) is 0. The lowest BCUT2D eigenvalue weighted by molar-refractivity contribution is 0.0534. The molecule has 1 aromatic carbocycles. The topological polar surface area (TPSA) is 56.2 Å². The quantitative estimate of drug-likeness (QED) is 0.922. The van der Waals surface area contributed by atoms with Crippen LogP contribution in [0.2, 0.25) is 0 Å². The molecule has 0 saturated carbocycles. The van der Waals surface area contributed by atoms with E-state index >= 15 is 0 Å². The number of ether oxygens (including phenoxy) is 1. The van der Waals surface area contributed by atoms with Crippen LogP contribution < -0.4 is 5.32 Å². The van der Waals surface area contributed by atoms with Crippen molar-refractivity contribution < 1.29 is 9.53 Å². The molecule has 0 saturated heterocycles. The highest BCUT2D eigenvalue weighted by Gasteiger charge is 2.14. The van der Waals surface area contributed by atoms with Crippen LogP contribution in [0, 0.1) is 13.8 Å². The maximum absolute atomic E-state index is 11.6. The smallest absolute Gasteiger partial charge is 0.407 e. The van der Waals surface area contributed by atoms with Crippen LogP contribution in [0.4, 0.5) is 4.79 Å². The molecule has 0 bridgehead atoms. The first kappa shape index (κ1) is 17.8. The molecule has 1 N–H and O–H groups in total. The summed E-state index contributed by atoms with van der Waals surface area (Å²) in [6.45, 7) is 9.95. The lowest BCUT2D eigenvalue weighted by Gasteiger charge is -2.19. The molecule has 0 unspecified atom stereocenters. The van der Waals surface area contributed by atoms with E-state index in [-0.39, 0.29) is 0 Å². The van der Waals surface area contributed by atoms with Gasteiger partial charge in [-0.05, 0) is 58.4 Å². The van der Waals surface area contributed by atoms with Gasteiger partial charge in [0.1, 0.15) is 5.60 Å². The predicted molar refractivity (Wildman–Crippen MR) is 96.3 cm³/mol. The van der Waals surface area contributed by atoms with Crippen molar-refractivity contribution in [2.75, 3.05) is 6.54 Å². The van der Waals surface area contributed by atoms with E-state index in [1.807, 2.05) is 75.7 Å². The Morgan fingerprint density at radius 3 is 2.67 bits per heavy atom. The molecule has 0 radical (unpaired) electrons. The van der Waals surface area contributed by atoms with Crippen LogP contribution in [-0.2, 0) is 4.74 Å². The Morgan fingerprint density at radius 1 is 1.29 bits per heavy atom. The van der Waals surface area contributed by atoms with E-state index in [0.29, 0.717) is 6.54 Å². The fourth-order valence-corrected chi connectivity index (χ4v) is 2.30. The summed E-state index contributed by atoms with van der Waals surface area (Å²) in [7, 11) is 0. The molecule has 0 spiro atoms. The number of nitrogens with one attached hydrogen (secondary N) is 1. The standard InChI is InChI=1S/C19H25N3O2/c1-14-12-15(2)22(21-14)17-10-6-8-16(13-17)9-7-11-20-18(23)24-19(3,4)5/h6-10,12-13H,11H2,1-5H3,(H,20,23). The first-order valence-electron chi connectivity index (χ1n) is 8.02. The van der Waals surface area contributed by atoms with Crippen molar-refractivity contribution in [2.45, 2.75) is 40.2 Å². The number of aryl methyl sites for hydroxylation is 2. The van der Waals surface area contributed by atoms with Crippen LogP contribution in [0.5, 0.6) is 0 Å². The summed E-state index contributed by atoms with van der Waals surface area (Å²) in [5.41, 5.74) is 3.67. The van der Waals surface area contributed by atoms with Crippen molar-refractivity contribution in [3.8, 4) is 5.69 Å². The molecule has 2 aromatic rings. The summed E-state index contributed by atoms with van der Waals surface area (Å²) in [5, 5.41) is 7.20. The van der Waals surface area contributed by atoms with Crippen LogP contribution in [0.1, 0.15) is 37.7 Å². The third-order valence-electron chi connectivity index (χ3n) is 3.20. The SMILES string of the molecule is Cc1cc(C)n(-c2cccc(C=CCNC(=O)OC(C)(C)C)c2)n1. The zero-order valence-corrected chi connectivity index (χ0v) is 15.0. The number of nitrogens with zero attached hydrogens (tertiary/aromatic N) is 2. The Morgan fingerprint density at radius 2 is 2.04 bits per heavy atom. The summed E-state index contributed by atoms with van der Waals surface area (Å²) in [6.07, 6.45) is 3.44. The highest BCUT2D eigenvalue weighted by molar-refractivity contribution is 5.68. The first-order valence-corrected chi connectivity index (χ1v) is 8.02. The molecule has 0 aliphatic carbocycles. The number of amides is 1. The zero-order valence-electron chi connectivity index (χ0n) is 15.0. The van der Waals surface area contributed by atoms with Crippen molar-refractivity contribution in [3.05, 3.63) is 53.4 Å². The molecule has 5 heteroatoms. The Bertz CT molecular complexity index is 739. The first-order chi connectivity index (χ1) is 11.2. The van der Waals surface area contributed by atoms with Gasteiger partial charge < -0.3 is 10.1 Å². The molecule has 5 nitrogen and oxygen atoms in total. The number of carbonyl (C=O) groups is 1. The molecule has 1 heterocycles. The molecule has 1 aromatic heterocycles. The molecule has 0 fully saturated rings. The van der Waals surface area contributed by atoms with Crippen LogP contribution in [0.25, 0.3) is 11.8 Å². The van der Waals surface area contributed by atoms with Crippen molar-refractivity contribution in [1.29, 1.82) is 0 Å². The summed E-state index contributed by atoms with van der Waals surface area (Å²) >= 11 is 0. The van der Waals surface area contributed by atoms with Gasteiger partial charge in [-0.3, -0.25) is 0 Å². The van der Waals surface area contributed by atoms with Gasteiger partial charge >= 0.3 is 6.09 Å². The Balaban J connectivity index is 1.97. The highest BCUT2D eigenvalue weighted by atomic mass is 16.6. The molecule has 0 aliphatic heterocycles. The number of benzene rings is 1. The number of carbonyl (C=O) groups excluding carboxylic acids is 1. The van der Waals surface area contributed by atoms with Crippen LogP contribution in [-0.4, -0.2) is 28.0 Å². The van der Waals surface area contributed by atoms with Crippen molar-refractivity contribution >= 4 is 12.2 Å². The molecule has 0 aliphatic rings. The number of hydrogen-bond donors (Lipinski definition) is 1. The molecule has 1 amide bonds. The molecular formula is C19H25N3O2. The van der Waals surface area contributed by atoms with Crippen LogP contribution in [0.3, 0.4) is 0 Å². The van der Waals surface area contributed by atoms with Gasteiger partial charge in [-0.15, -0.1) is 0 Å². The summed E-state index contributed by atoms with van der Waals surface area (Å²) in [6, 6.07) is 10.1. The van der Waals surface area contributed by atoms with Crippen LogP contribution >= 0.6 is 0 Å². The van der Waals surface area contributed by atoms with E-state index in [4.69, 9.17) is 4.74 Å². The monoisotopic (exact) mass is 327 g/mol. The van der Waals surface area contributed by atoms with Gasteiger partial charge in [0.2, 0.25) is 0 Å². The molecule has 128 valence electrons. The summed E-state index contributed by atoms with van der Waals surface area (Å²) in [4.78, 5) is 11.6. The average molecular weight is 327 g/mol.